The molecule has 19 heavy (non-hydrogen) atoms. The van der Waals surface area contributed by atoms with E-state index in [0.29, 0.717) is 33.1 Å². The lowest BCUT2D eigenvalue weighted by atomic mass is 10.1. The predicted molar refractivity (Wildman–Crippen MR) is 73.8 cm³/mol. The lowest BCUT2D eigenvalue weighted by molar-refractivity contribution is 0.602. The topological polar surface area (TPSA) is 48.0 Å². The van der Waals surface area contributed by atoms with Gasteiger partial charge in [0, 0.05) is 11.9 Å². The van der Waals surface area contributed by atoms with Gasteiger partial charge in [0.05, 0.1) is 9.99 Å². The highest BCUT2D eigenvalue weighted by atomic mass is 79.9. The van der Waals surface area contributed by atoms with Gasteiger partial charge in [-0.1, -0.05) is 0 Å². The summed E-state index contributed by atoms with van der Waals surface area (Å²) in [6.07, 6.45) is 1.21. The lowest BCUT2D eigenvalue weighted by Gasteiger charge is -2.12. The number of hydrogen-bond donors (Lipinski definition) is 0. The highest BCUT2D eigenvalue weighted by Crippen LogP contribution is 2.31. The number of oxazole rings is 1. The Labute approximate surface area is 116 Å². The second kappa shape index (κ2) is 4.16. The van der Waals surface area contributed by atoms with Crippen LogP contribution >= 0.6 is 15.9 Å². The van der Waals surface area contributed by atoms with Crippen LogP contribution in [0.2, 0.25) is 0 Å². The Bertz CT molecular complexity index is 867. The maximum Gasteiger partial charge on any atom is 0.280 e. The average Bonchev–Trinajstić information content (AvgIpc) is 2.87. The van der Waals surface area contributed by atoms with E-state index >= 15 is 0 Å². The molecule has 0 aliphatic rings. The van der Waals surface area contributed by atoms with E-state index in [2.05, 4.69) is 20.9 Å². The molecule has 0 amide bonds. The van der Waals surface area contributed by atoms with Gasteiger partial charge in [-0.05, 0) is 41.4 Å². The van der Waals surface area contributed by atoms with Crippen LogP contribution in [-0.4, -0.2) is 9.55 Å². The van der Waals surface area contributed by atoms with Crippen molar-refractivity contribution in [1.29, 1.82) is 0 Å². The second-order valence-corrected chi connectivity index (χ2v) is 5.07. The van der Waals surface area contributed by atoms with Gasteiger partial charge in [0.15, 0.2) is 17.5 Å². The Morgan fingerprint density at radius 1 is 1.53 bits per heavy atom. The van der Waals surface area contributed by atoms with Crippen LogP contribution in [0.3, 0.4) is 0 Å². The van der Waals surface area contributed by atoms with Gasteiger partial charge in [0.25, 0.3) is 5.56 Å². The van der Waals surface area contributed by atoms with Crippen molar-refractivity contribution in [2.45, 2.75) is 20.4 Å². The van der Waals surface area contributed by atoms with Crippen molar-refractivity contribution in [3.05, 3.63) is 38.7 Å². The summed E-state index contributed by atoms with van der Waals surface area (Å²) in [6, 6.07) is 1.37. The molecule has 0 fully saturated rings. The van der Waals surface area contributed by atoms with E-state index < -0.39 is 0 Å². The lowest BCUT2D eigenvalue weighted by Crippen LogP contribution is -2.20. The summed E-state index contributed by atoms with van der Waals surface area (Å²) in [5.41, 5.74) is 1.69. The molecule has 2 heterocycles. The zero-order valence-corrected chi connectivity index (χ0v) is 11.9. The van der Waals surface area contributed by atoms with Gasteiger partial charge in [0.1, 0.15) is 5.82 Å². The number of rotatable bonds is 1. The summed E-state index contributed by atoms with van der Waals surface area (Å²) in [4.78, 5) is 16.2. The van der Waals surface area contributed by atoms with Crippen LogP contribution in [0.4, 0.5) is 4.39 Å². The third-order valence-corrected chi connectivity index (χ3v) is 4.24. The number of benzene rings is 1. The molecule has 4 nitrogen and oxygen atoms in total. The maximum absolute atomic E-state index is 13.9. The molecule has 0 bridgehead atoms. The first-order chi connectivity index (χ1) is 9.06. The van der Waals surface area contributed by atoms with Gasteiger partial charge < -0.3 is 8.98 Å². The summed E-state index contributed by atoms with van der Waals surface area (Å²) < 4.78 is 21.1. The number of pyridine rings is 1. The number of fused-ring (bicyclic) bond motifs is 3. The first kappa shape index (κ1) is 12.3. The van der Waals surface area contributed by atoms with Crippen LogP contribution in [0.25, 0.3) is 22.0 Å². The monoisotopic (exact) mass is 324 g/mol. The molecule has 2 aromatic heterocycles. The Morgan fingerprint density at radius 2 is 2.26 bits per heavy atom. The van der Waals surface area contributed by atoms with E-state index in [1.165, 1.54) is 12.5 Å². The Hall–Kier alpha value is -1.69. The minimum absolute atomic E-state index is 0.222. The van der Waals surface area contributed by atoms with E-state index in [1.54, 1.807) is 11.5 Å². The zero-order valence-electron chi connectivity index (χ0n) is 10.3. The molecule has 0 aliphatic carbocycles. The number of hydrogen-bond acceptors (Lipinski definition) is 3. The summed E-state index contributed by atoms with van der Waals surface area (Å²) >= 11 is 3.21. The number of aromatic nitrogens is 2. The van der Waals surface area contributed by atoms with Gasteiger partial charge in [-0.3, -0.25) is 4.79 Å². The van der Waals surface area contributed by atoms with E-state index in [0.717, 1.165) is 0 Å². The largest absolute Gasteiger partial charge is 0.443 e. The molecular weight excluding hydrogens is 315 g/mol. The molecule has 0 atom stereocenters. The normalized spacial score (nSPS) is 11.6. The molecule has 1 aromatic carbocycles. The van der Waals surface area contributed by atoms with Gasteiger partial charge in [-0.15, -0.1) is 0 Å². The molecule has 0 N–H and O–H groups in total. The predicted octanol–water partition coefficient (Wildman–Crippen LogP) is 3.37. The van der Waals surface area contributed by atoms with Crippen molar-refractivity contribution in [3.63, 3.8) is 0 Å². The molecule has 0 aliphatic heterocycles. The quantitative estimate of drug-likeness (QED) is 0.689. The minimum atomic E-state index is -0.385. The molecule has 0 spiro atoms. The smallest absolute Gasteiger partial charge is 0.280 e. The standard InChI is InChI=1S/C13H10BrFN2O2/c1-3-17-11-6(2)9(14)8(15)4-7(11)12-10(13(17)18)16-5-19-12/h4-5H,3H2,1-2H3. The highest BCUT2D eigenvalue weighted by Gasteiger charge is 2.18. The van der Waals surface area contributed by atoms with Crippen molar-refractivity contribution in [3.8, 4) is 0 Å². The summed E-state index contributed by atoms with van der Waals surface area (Å²) in [5.74, 6) is -0.385. The van der Waals surface area contributed by atoms with Crippen molar-refractivity contribution >= 4 is 37.9 Å². The molecule has 0 unspecified atom stereocenters. The Kier molecular flexibility index (Phi) is 2.70. The van der Waals surface area contributed by atoms with Crippen LogP contribution in [0, 0.1) is 12.7 Å². The zero-order chi connectivity index (χ0) is 13.7. The molecule has 0 saturated heterocycles. The molecule has 0 saturated carbocycles. The molecule has 3 rings (SSSR count). The van der Waals surface area contributed by atoms with E-state index in [4.69, 9.17) is 4.42 Å². The average molecular weight is 325 g/mol. The van der Waals surface area contributed by atoms with E-state index in [1.807, 2.05) is 6.92 Å². The van der Waals surface area contributed by atoms with Gasteiger partial charge >= 0.3 is 0 Å². The molecule has 0 radical (unpaired) electrons. The Balaban J connectivity index is 2.73. The second-order valence-electron chi connectivity index (χ2n) is 4.27. The maximum atomic E-state index is 13.9. The molecule has 3 aromatic rings. The molecule has 6 heteroatoms. The third-order valence-electron chi connectivity index (χ3n) is 3.27. The van der Waals surface area contributed by atoms with Crippen molar-refractivity contribution in [2.75, 3.05) is 0 Å². The first-order valence-electron chi connectivity index (χ1n) is 5.80. The molecule has 98 valence electrons. The fraction of sp³-hybridized carbons (Fsp3) is 0.231. The number of aryl methyl sites for hydroxylation is 2. The van der Waals surface area contributed by atoms with Gasteiger partial charge in [-0.2, -0.15) is 0 Å². The highest BCUT2D eigenvalue weighted by molar-refractivity contribution is 9.10. The fourth-order valence-corrected chi connectivity index (χ4v) is 2.69. The third kappa shape index (κ3) is 1.56. The number of nitrogens with zero attached hydrogens (tertiary/aromatic N) is 2. The first-order valence-corrected chi connectivity index (χ1v) is 6.59. The van der Waals surface area contributed by atoms with Crippen molar-refractivity contribution in [2.24, 2.45) is 0 Å². The van der Waals surface area contributed by atoms with Crippen LogP contribution in [0.1, 0.15) is 12.5 Å². The van der Waals surface area contributed by atoms with Crippen LogP contribution in [-0.2, 0) is 6.54 Å². The minimum Gasteiger partial charge on any atom is -0.443 e. The van der Waals surface area contributed by atoms with Gasteiger partial charge in [-0.25, -0.2) is 9.37 Å². The number of halogens is 2. The summed E-state index contributed by atoms with van der Waals surface area (Å²) in [6.45, 7) is 4.11. The van der Waals surface area contributed by atoms with E-state index in [-0.39, 0.29) is 16.9 Å². The molecular formula is C13H10BrFN2O2. The van der Waals surface area contributed by atoms with Crippen LogP contribution in [0.5, 0.6) is 0 Å². The van der Waals surface area contributed by atoms with E-state index in [9.17, 15) is 9.18 Å². The van der Waals surface area contributed by atoms with Crippen LogP contribution < -0.4 is 5.56 Å². The Morgan fingerprint density at radius 3 is 2.95 bits per heavy atom. The van der Waals surface area contributed by atoms with Crippen LogP contribution in [0.15, 0.2) is 26.1 Å². The van der Waals surface area contributed by atoms with Gasteiger partial charge in [0.2, 0.25) is 0 Å². The summed E-state index contributed by atoms with van der Waals surface area (Å²) in [7, 11) is 0. The van der Waals surface area contributed by atoms with Crippen molar-refractivity contribution in [1.82, 2.24) is 9.55 Å². The fourth-order valence-electron chi connectivity index (χ4n) is 2.39. The SMILES string of the molecule is CCn1c(=O)c2ncoc2c2cc(F)c(Br)c(C)c21. The van der Waals surface area contributed by atoms with Crippen molar-refractivity contribution < 1.29 is 8.81 Å². The summed E-state index contributed by atoms with van der Waals surface area (Å²) in [5, 5.41) is 0.562.